The zero-order chi connectivity index (χ0) is 8.21. The lowest BCUT2D eigenvalue weighted by Gasteiger charge is -2.45. The Labute approximate surface area is 64.1 Å². The number of hydrogen-bond donors (Lipinski definition) is 0. The van der Waals surface area contributed by atoms with E-state index < -0.39 is 22.6 Å². The van der Waals surface area contributed by atoms with Gasteiger partial charge in [0.2, 0.25) is 0 Å². The minimum atomic E-state index is -4.29. The van der Waals surface area contributed by atoms with Crippen LogP contribution in [0.15, 0.2) is 0 Å². The Hall–Kier alpha value is 0.300. The molecule has 1 aliphatic carbocycles. The number of hydrogen-bond acceptors (Lipinski definition) is 0. The molecule has 1 aliphatic rings. The summed E-state index contributed by atoms with van der Waals surface area (Å²) in [5.74, 6) is -8.33. The minimum Gasteiger partial charge on any atom is -0.200 e. The zero-order valence-electron chi connectivity index (χ0n) is 4.47. The van der Waals surface area contributed by atoms with Crippen LogP contribution in [0.4, 0.5) is 17.6 Å². The molecule has 1 saturated carbocycles. The highest BCUT2D eigenvalue weighted by molar-refractivity contribution is 6.50. The fourth-order valence-electron chi connectivity index (χ4n) is 0.662. The van der Waals surface area contributed by atoms with Crippen LogP contribution >= 0.6 is 23.2 Å². The van der Waals surface area contributed by atoms with Gasteiger partial charge >= 0.3 is 11.8 Å². The molecule has 1 rings (SSSR count). The van der Waals surface area contributed by atoms with Gasteiger partial charge in [0.05, 0.1) is 6.42 Å². The van der Waals surface area contributed by atoms with Crippen LogP contribution in [-0.2, 0) is 0 Å². The van der Waals surface area contributed by atoms with Gasteiger partial charge in [0.15, 0.2) is 4.33 Å². The van der Waals surface area contributed by atoms with E-state index in [-0.39, 0.29) is 0 Å². The molecule has 0 atom stereocenters. The Morgan fingerprint density at radius 2 is 1.40 bits per heavy atom. The monoisotopic (exact) mass is 196 g/mol. The van der Waals surface area contributed by atoms with Crippen molar-refractivity contribution in [3.8, 4) is 0 Å². The first-order valence-electron chi connectivity index (χ1n) is 2.34. The van der Waals surface area contributed by atoms with Gasteiger partial charge in [-0.3, -0.25) is 0 Å². The van der Waals surface area contributed by atoms with Crippen molar-refractivity contribution >= 4 is 23.2 Å². The van der Waals surface area contributed by atoms with E-state index >= 15 is 0 Å². The number of alkyl halides is 6. The third-order valence-corrected chi connectivity index (χ3v) is 2.10. The lowest BCUT2D eigenvalue weighted by Crippen LogP contribution is -2.65. The first kappa shape index (κ1) is 8.40. The van der Waals surface area contributed by atoms with Crippen molar-refractivity contribution in [1.82, 2.24) is 0 Å². The summed E-state index contributed by atoms with van der Waals surface area (Å²) in [6.07, 6.45) is -1.18. The molecule has 0 amide bonds. The van der Waals surface area contributed by atoms with Gasteiger partial charge in [0.25, 0.3) is 0 Å². The molecule has 0 spiro atoms. The number of rotatable bonds is 0. The molecule has 0 nitrogen and oxygen atoms in total. The second-order valence-electron chi connectivity index (χ2n) is 2.16. The maximum Gasteiger partial charge on any atom is 0.342 e. The first-order valence-corrected chi connectivity index (χ1v) is 3.10. The van der Waals surface area contributed by atoms with Gasteiger partial charge in [-0.15, -0.1) is 0 Å². The van der Waals surface area contributed by atoms with E-state index in [0.717, 1.165) is 0 Å². The van der Waals surface area contributed by atoms with E-state index in [1.807, 2.05) is 0 Å². The highest BCUT2D eigenvalue weighted by Crippen LogP contribution is 2.63. The first-order chi connectivity index (χ1) is 4.21. The van der Waals surface area contributed by atoms with Crippen LogP contribution in [-0.4, -0.2) is 16.2 Å². The fourth-order valence-corrected chi connectivity index (χ4v) is 1.27. The molecule has 0 N–H and O–H groups in total. The molecule has 0 saturated heterocycles. The summed E-state index contributed by atoms with van der Waals surface area (Å²) in [7, 11) is 0. The van der Waals surface area contributed by atoms with Gasteiger partial charge in [-0.2, -0.15) is 17.6 Å². The molecule has 60 valence electrons. The second-order valence-corrected chi connectivity index (χ2v) is 3.64. The highest BCUT2D eigenvalue weighted by atomic mass is 35.5. The van der Waals surface area contributed by atoms with Crippen molar-refractivity contribution in [2.45, 2.75) is 22.6 Å². The Balaban J connectivity index is 2.85. The average molecular weight is 197 g/mol. The van der Waals surface area contributed by atoms with E-state index in [1.165, 1.54) is 0 Å². The summed E-state index contributed by atoms with van der Waals surface area (Å²) >= 11 is 9.63. The second kappa shape index (κ2) is 1.72. The maximum absolute atomic E-state index is 12.1. The standard InChI is InChI=1S/C4H2Cl2F4/c5-2(6)1-3(7,8)4(2,9)10/h1H2. The van der Waals surface area contributed by atoms with E-state index in [1.54, 1.807) is 0 Å². The van der Waals surface area contributed by atoms with Crippen molar-refractivity contribution in [1.29, 1.82) is 0 Å². The van der Waals surface area contributed by atoms with Gasteiger partial charge < -0.3 is 0 Å². The van der Waals surface area contributed by atoms with E-state index in [0.29, 0.717) is 0 Å². The Morgan fingerprint density at radius 1 is 1.00 bits per heavy atom. The predicted octanol–water partition coefficient (Wildman–Crippen LogP) is 2.83. The smallest absolute Gasteiger partial charge is 0.200 e. The number of halogens is 6. The Morgan fingerprint density at radius 3 is 1.40 bits per heavy atom. The van der Waals surface area contributed by atoms with Crippen molar-refractivity contribution < 1.29 is 17.6 Å². The lowest BCUT2D eigenvalue weighted by atomic mass is 9.88. The molecule has 0 unspecified atom stereocenters. The largest absolute Gasteiger partial charge is 0.342 e. The van der Waals surface area contributed by atoms with Crippen LogP contribution in [0, 0.1) is 0 Å². The fraction of sp³-hybridized carbons (Fsp3) is 1.00. The van der Waals surface area contributed by atoms with Crippen LogP contribution in [0.25, 0.3) is 0 Å². The normalized spacial score (nSPS) is 33.0. The molecule has 6 heteroatoms. The molecule has 0 aromatic heterocycles. The third kappa shape index (κ3) is 0.749. The van der Waals surface area contributed by atoms with Crippen molar-refractivity contribution in [3.63, 3.8) is 0 Å². The SMILES string of the molecule is FC1(F)CC(Cl)(Cl)C1(F)F. The van der Waals surface area contributed by atoms with Gasteiger partial charge in [-0.25, -0.2) is 0 Å². The van der Waals surface area contributed by atoms with E-state index in [9.17, 15) is 17.6 Å². The topological polar surface area (TPSA) is 0 Å². The molecule has 0 aliphatic heterocycles. The van der Waals surface area contributed by atoms with Crippen molar-refractivity contribution in [3.05, 3.63) is 0 Å². The summed E-state index contributed by atoms with van der Waals surface area (Å²) in [6, 6.07) is 0. The molecule has 0 aromatic carbocycles. The van der Waals surface area contributed by atoms with Crippen LogP contribution in [0.1, 0.15) is 6.42 Å². The average Bonchev–Trinajstić information content (AvgIpc) is 1.61. The van der Waals surface area contributed by atoms with Gasteiger partial charge in [0, 0.05) is 0 Å². The van der Waals surface area contributed by atoms with Crippen LogP contribution in [0.2, 0.25) is 0 Å². The predicted molar refractivity (Wildman–Crippen MR) is 28.9 cm³/mol. The molecule has 10 heavy (non-hydrogen) atoms. The summed E-state index contributed by atoms with van der Waals surface area (Å²) in [6.45, 7) is 0. The summed E-state index contributed by atoms with van der Waals surface area (Å²) < 4.78 is 45.4. The summed E-state index contributed by atoms with van der Waals surface area (Å²) in [4.78, 5) is 0. The van der Waals surface area contributed by atoms with Gasteiger partial charge in [-0.1, -0.05) is 23.2 Å². The Kier molecular flexibility index (Phi) is 1.44. The third-order valence-electron chi connectivity index (χ3n) is 1.36. The molecule has 1 fully saturated rings. The molecule has 0 heterocycles. The van der Waals surface area contributed by atoms with Crippen molar-refractivity contribution in [2.24, 2.45) is 0 Å². The van der Waals surface area contributed by atoms with Crippen molar-refractivity contribution in [2.75, 3.05) is 0 Å². The van der Waals surface area contributed by atoms with E-state index in [4.69, 9.17) is 23.2 Å². The van der Waals surface area contributed by atoms with Gasteiger partial charge in [0.1, 0.15) is 0 Å². The van der Waals surface area contributed by atoms with Crippen LogP contribution in [0.3, 0.4) is 0 Å². The summed E-state index contributed by atoms with van der Waals surface area (Å²) in [5, 5.41) is 0. The van der Waals surface area contributed by atoms with Gasteiger partial charge in [-0.05, 0) is 0 Å². The molecular weight excluding hydrogens is 195 g/mol. The Bertz CT molecular complexity index is 149. The molecule has 0 radical (unpaired) electrons. The lowest BCUT2D eigenvalue weighted by molar-refractivity contribution is -0.282. The quantitative estimate of drug-likeness (QED) is 0.413. The molecule has 0 aromatic rings. The molecular formula is C4H2Cl2F4. The maximum atomic E-state index is 12.1. The van der Waals surface area contributed by atoms with Crippen LogP contribution in [0.5, 0.6) is 0 Å². The minimum absolute atomic E-state index is 1.18. The molecule has 0 bridgehead atoms. The summed E-state index contributed by atoms with van der Waals surface area (Å²) in [5.41, 5.74) is 0. The highest BCUT2D eigenvalue weighted by Gasteiger charge is 2.80. The zero-order valence-corrected chi connectivity index (χ0v) is 5.99. The van der Waals surface area contributed by atoms with Crippen LogP contribution < -0.4 is 0 Å². The van der Waals surface area contributed by atoms with E-state index in [2.05, 4.69) is 0 Å².